The maximum atomic E-state index is 11.9. The molecule has 1 aromatic carbocycles. The Morgan fingerprint density at radius 1 is 1.30 bits per heavy atom. The second-order valence-electron chi connectivity index (χ2n) is 4.32. The predicted octanol–water partition coefficient (Wildman–Crippen LogP) is 2.67. The summed E-state index contributed by atoms with van der Waals surface area (Å²) in [5.41, 5.74) is 1.05. The molecule has 1 aromatic rings. The minimum atomic E-state index is -0.439. The van der Waals surface area contributed by atoms with E-state index in [9.17, 15) is 4.79 Å². The van der Waals surface area contributed by atoms with Gasteiger partial charge in [0.05, 0.1) is 26.9 Å². The van der Waals surface area contributed by atoms with Crippen molar-refractivity contribution in [3.05, 3.63) is 23.3 Å². The Balaban J connectivity index is 2.66. The molecule has 5 heteroatoms. The van der Waals surface area contributed by atoms with Crippen molar-refractivity contribution in [2.75, 3.05) is 21.3 Å². The molecule has 0 bridgehead atoms. The monoisotopic (exact) mass is 278 g/mol. The SMILES string of the molecule is CCC1C=Cc2c(C(=O)OC)cc(OC)c(OC)c2O1. The molecule has 1 atom stereocenters. The number of hydrogen-bond acceptors (Lipinski definition) is 5. The molecule has 0 aromatic heterocycles. The highest BCUT2D eigenvalue weighted by Gasteiger charge is 2.27. The molecule has 108 valence electrons. The van der Waals surface area contributed by atoms with Crippen molar-refractivity contribution in [2.45, 2.75) is 19.4 Å². The summed E-state index contributed by atoms with van der Waals surface area (Å²) >= 11 is 0. The summed E-state index contributed by atoms with van der Waals surface area (Å²) in [4.78, 5) is 11.9. The van der Waals surface area contributed by atoms with Crippen LogP contribution in [0.4, 0.5) is 0 Å². The first kappa shape index (κ1) is 14.2. The summed E-state index contributed by atoms with van der Waals surface area (Å²) < 4.78 is 21.3. The van der Waals surface area contributed by atoms with Crippen LogP contribution in [0.5, 0.6) is 17.2 Å². The molecule has 1 unspecified atom stereocenters. The average molecular weight is 278 g/mol. The molecule has 0 saturated carbocycles. The van der Waals surface area contributed by atoms with E-state index in [0.717, 1.165) is 6.42 Å². The average Bonchev–Trinajstić information content (AvgIpc) is 2.51. The first-order valence-electron chi connectivity index (χ1n) is 6.38. The standard InChI is InChI=1S/C15H18O5/c1-5-9-6-7-10-11(15(16)19-4)8-12(17-2)14(18-3)13(10)20-9/h6-9H,5H2,1-4H3. The third-order valence-corrected chi connectivity index (χ3v) is 3.22. The number of carbonyl (C=O) groups is 1. The molecule has 0 radical (unpaired) electrons. The van der Waals surface area contributed by atoms with Crippen LogP contribution < -0.4 is 14.2 Å². The lowest BCUT2D eigenvalue weighted by atomic mass is 10.0. The minimum Gasteiger partial charge on any atom is -0.493 e. The summed E-state index contributed by atoms with van der Waals surface area (Å²) in [7, 11) is 4.40. The zero-order valence-electron chi connectivity index (χ0n) is 12.1. The van der Waals surface area contributed by atoms with Crippen molar-refractivity contribution in [3.8, 4) is 17.2 Å². The summed E-state index contributed by atoms with van der Waals surface area (Å²) in [5.74, 6) is 1.00. The summed E-state index contributed by atoms with van der Waals surface area (Å²) in [6.45, 7) is 2.02. The van der Waals surface area contributed by atoms with Crippen molar-refractivity contribution in [2.24, 2.45) is 0 Å². The molecule has 2 rings (SSSR count). The van der Waals surface area contributed by atoms with Crippen LogP contribution in [0.2, 0.25) is 0 Å². The zero-order chi connectivity index (χ0) is 14.7. The lowest BCUT2D eigenvalue weighted by Gasteiger charge is -2.24. The van der Waals surface area contributed by atoms with Gasteiger partial charge in [-0.2, -0.15) is 0 Å². The number of benzene rings is 1. The lowest BCUT2D eigenvalue weighted by molar-refractivity contribution is 0.0599. The van der Waals surface area contributed by atoms with Crippen molar-refractivity contribution >= 4 is 12.0 Å². The third-order valence-electron chi connectivity index (χ3n) is 3.22. The molecule has 0 fully saturated rings. The Morgan fingerprint density at radius 3 is 2.60 bits per heavy atom. The van der Waals surface area contributed by atoms with E-state index < -0.39 is 5.97 Å². The van der Waals surface area contributed by atoms with Gasteiger partial charge in [0.15, 0.2) is 11.5 Å². The smallest absolute Gasteiger partial charge is 0.338 e. The molecule has 1 aliphatic heterocycles. The van der Waals surface area contributed by atoms with Crippen LogP contribution in [0.15, 0.2) is 12.1 Å². The molecular weight excluding hydrogens is 260 g/mol. The number of carbonyl (C=O) groups excluding carboxylic acids is 1. The van der Waals surface area contributed by atoms with Crippen LogP contribution in [-0.2, 0) is 4.74 Å². The van der Waals surface area contributed by atoms with E-state index >= 15 is 0 Å². The summed E-state index contributed by atoms with van der Waals surface area (Å²) in [5, 5.41) is 0. The van der Waals surface area contributed by atoms with E-state index in [4.69, 9.17) is 18.9 Å². The van der Waals surface area contributed by atoms with Crippen LogP contribution >= 0.6 is 0 Å². The van der Waals surface area contributed by atoms with E-state index in [1.54, 1.807) is 13.2 Å². The zero-order valence-corrected chi connectivity index (χ0v) is 12.1. The Bertz CT molecular complexity index is 548. The fourth-order valence-corrected chi connectivity index (χ4v) is 2.15. The fraction of sp³-hybridized carbons (Fsp3) is 0.400. The van der Waals surface area contributed by atoms with Crippen molar-refractivity contribution in [1.82, 2.24) is 0 Å². The molecule has 0 spiro atoms. The second-order valence-corrected chi connectivity index (χ2v) is 4.32. The van der Waals surface area contributed by atoms with Gasteiger partial charge in [0.1, 0.15) is 6.10 Å². The Kier molecular flexibility index (Phi) is 4.17. The van der Waals surface area contributed by atoms with Gasteiger partial charge in [-0.15, -0.1) is 0 Å². The maximum absolute atomic E-state index is 11.9. The van der Waals surface area contributed by atoms with E-state index in [0.29, 0.717) is 28.4 Å². The highest BCUT2D eigenvalue weighted by molar-refractivity contribution is 5.96. The van der Waals surface area contributed by atoms with E-state index in [-0.39, 0.29) is 6.10 Å². The first-order chi connectivity index (χ1) is 9.65. The second kappa shape index (κ2) is 5.86. The number of fused-ring (bicyclic) bond motifs is 1. The minimum absolute atomic E-state index is 0.0472. The van der Waals surface area contributed by atoms with E-state index in [1.807, 2.05) is 19.1 Å². The van der Waals surface area contributed by atoms with Gasteiger partial charge in [0, 0.05) is 5.56 Å². The fourth-order valence-electron chi connectivity index (χ4n) is 2.15. The Morgan fingerprint density at radius 2 is 2.05 bits per heavy atom. The van der Waals surface area contributed by atoms with Gasteiger partial charge in [-0.25, -0.2) is 4.79 Å². The molecule has 1 aliphatic rings. The van der Waals surface area contributed by atoms with Crippen molar-refractivity contribution in [3.63, 3.8) is 0 Å². The van der Waals surface area contributed by atoms with Crippen molar-refractivity contribution < 1.29 is 23.7 Å². The van der Waals surface area contributed by atoms with E-state index in [1.165, 1.54) is 14.2 Å². The van der Waals surface area contributed by atoms with Crippen LogP contribution in [0.25, 0.3) is 6.08 Å². The normalized spacial score (nSPS) is 16.1. The van der Waals surface area contributed by atoms with Gasteiger partial charge in [0.25, 0.3) is 0 Å². The topological polar surface area (TPSA) is 54.0 Å². The number of rotatable bonds is 4. The first-order valence-corrected chi connectivity index (χ1v) is 6.38. The molecule has 5 nitrogen and oxygen atoms in total. The molecule has 0 amide bonds. The van der Waals surface area contributed by atoms with Gasteiger partial charge in [-0.05, 0) is 18.6 Å². The van der Waals surface area contributed by atoms with Gasteiger partial charge in [0.2, 0.25) is 5.75 Å². The highest BCUT2D eigenvalue weighted by atomic mass is 16.5. The van der Waals surface area contributed by atoms with Gasteiger partial charge in [-0.3, -0.25) is 0 Å². The van der Waals surface area contributed by atoms with Crippen LogP contribution in [0, 0.1) is 0 Å². The van der Waals surface area contributed by atoms with Gasteiger partial charge in [-0.1, -0.05) is 13.0 Å². The molecule has 20 heavy (non-hydrogen) atoms. The number of esters is 1. The summed E-state index contributed by atoms with van der Waals surface area (Å²) in [6.07, 6.45) is 4.56. The Hall–Kier alpha value is -2.17. The Labute approximate surface area is 118 Å². The quantitative estimate of drug-likeness (QED) is 0.793. The number of methoxy groups -OCH3 is 3. The third kappa shape index (κ3) is 2.31. The predicted molar refractivity (Wildman–Crippen MR) is 74.6 cm³/mol. The summed E-state index contributed by atoms with van der Waals surface area (Å²) in [6, 6.07) is 1.60. The van der Waals surface area contributed by atoms with Crippen LogP contribution in [0.1, 0.15) is 29.3 Å². The number of hydrogen-bond donors (Lipinski definition) is 0. The number of ether oxygens (including phenoxy) is 4. The highest BCUT2D eigenvalue weighted by Crippen LogP contribution is 2.45. The molecule has 0 N–H and O–H groups in total. The molecule has 0 saturated heterocycles. The van der Waals surface area contributed by atoms with Gasteiger partial charge >= 0.3 is 5.97 Å². The largest absolute Gasteiger partial charge is 0.493 e. The molecule has 0 aliphatic carbocycles. The molecule has 1 heterocycles. The molecular formula is C15H18O5. The van der Waals surface area contributed by atoms with Crippen molar-refractivity contribution in [1.29, 1.82) is 0 Å². The van der Waals surface area contributed by atoms with E-state index in [2.05, 4.69) is 0 Å². The van der Waals surface area contributed by atoms with Gasteiger partial charge < -0.3 is 18.9 Å². The van der Waals surface area contributed by atoms with Crippen LogP contribution in [-0.4, -0.2) is 33.4 Å². The lowest BCUT2D eigenvalue weighted by Crippen LogP contribution is -2.18. The van der Waals surface area contributed by atoms with Crippen LogP contribution in [0.3, 0.4) is 0 Å². The maximum Gasteiger partial charge on any atom is 0.338 e.